The van der Waals surface area contributed by atoms with Crippen molar-refractivity contribution in [2.45, 2.75) is 52.6 Å². The molecule has 0 heterocycles. The van der Waals surface area contributed by atoms with Gasteiger partial charge in [0.05, 0.1) is 12.6 Å². The topological polar surface area (TPSA) is 69.6 Å². The van der Waals surface area contributed by atoms with Crippen molar-refractivity contribution in [3.05, 3.63) is 0 Å². The van der Waals surface area contributed by atoms with Crippen LogP contribution in [-0.2, 0) is 9.59 Å². The second kappa shape index (κ2) is 6.59. The van der Waals surface area contributed by atoms with Crippen molar-refractivity contribution in [2.75, 3.05) is 13.1 Å². The van der Waals surface area contributed by atoms with E-state index in [1.807, 2.05) is 27.7 Å². The summed E-state index contributed by atoms with van der Waals surface area (Å²) in [5, 5.41) is 11.7. The molecule has 5 heteroatoms. The lowest BCUT2D eigenvalue weighted by Crippen LogP contribution is -2.55. The highest BCUT2D eigenvalue weighted by molar-refractivity contribution is 5.82. The fourth-order valence-electron chi connectivity index (χ4n) is 1.64. The second-order valence-electron chi connectivity index (χ2n) is 5.16. The molecule has 100 valence electrons. The first-order valence-electron chi connectivity index (χ1n) is 5.96. The van der Waals surface area contributed by atoms with Crippen molar-refractivity contribution >= 4 is 11.9 Å². The van der Waals surface area contributed by atoms with Crippen LogP contribution in [0.1, 0.15) is 41.0 Å². The van der Waals surface area contributed by atoms with Gasteiger partial charge in [-0.15, -0.1) is 0 Å². The van der Waals surface area contributed by atoms with E-state index in [1.54, 1.807) is 11.8 Å². The Morgan fingerprint density at radius 2 is 1.88 bits per heavy atom. The molecule has 5 nitrogen and oxygen atoms in total. The first kappa shape index (κ1) is 15.9. The molecule has 0 saturated heterocycles. The van der Waals surface area contributed by atoms with Crippen molar-refractivity contribution in [1.29, 1.82) is 0 Å². The molecular weight excluding hydrogens is 220 g/mol. The van der Waals surface area contributed by atoms with Crippen molar-refractivity contribution in [3.63, 3.8) is 0 Å². The van der Waals surface area contributed by atoms with Gasteiger partial charge in [0.25, 0.3) is 0 Å². The molecular formula is C12H24N2O3. The second-order valence-corrected chi connectivity index (χ2v) is 5.16. The Hall–Kier alpha value is -1.10. The van der Waals surface area contributed by atoms with Crippen LogP contribution in [0.25, 0.3) is 0 Å². The number of nitrogens with zero attached hydrogens (tertiary/aromatic N) is 1. The third kappa shape index (κ3) is 5.68. The average molecular weight is 244 g/mol. The van der Waals surface area contributed by atoms with E-state index in [-0.39, 0.29) is 18.0 Å². The number of nitrogens with one attached hydrogen (secondary N) is 1. The first-order chi connectivity index (χ1) is 7.70. The van der Waals surface area contributed by atoms with Gasteiger partial charge < -0.3 is 10.4 Å². The van der Waals surface area contributed by atoms with E-state index >= 15 is 0 Å². The molecule has 0 fully saturated rings. The summed E-state index contributed by atoms with van der Waals surface area (Å²) in [7, 11) is 0. The fraction of sp³-hybridized carbons (Fsp3) is 0.833. The third-order valence-corrected chi connectivity index (χ3v) is 2.56. The molecule has 0 aromatic heterocycles. The number of hydrogen-bond donors (Lipinski definition) is 2. The number of carboxylic acids is 1. The summed E-state index contributed by atoms with van der Waals surface area (Å²) in [4.78, 5) is 24.3. The van der Waals surface area contributed by atoms with E-state index in [9.17, 15) is 9.59 Å². The molecule has 0 aromatic carbocycles. The Morgan fingerprint density at radius 1 is 1.35 bits per heavy atom. The van der Waals surface area contributed by atoms with E-state index in [0.29, 0.717) is 6.54 Å². The summed E-state index contributed by atoms with van der Waals surface area (Å²) in [5.74, 6) is -1.04. The van der Waals surface area contributed by atoms with E-state index < -0.39 is 12.0 Å². The van der Waals surface area contributed by atoms with Crippen LogP contribution < -0.4 is 5.32 Å². The van der Waals surface area contributed by atoms with Gasteiger partial charge in [-0.2, -0.15) is 0 Å². The molecule has 1 unspecified atom stereocenters. The number of aliphatic carboxylic acids is 1. The summed E-state index contributed by atoms with van der Waals surface area (Å²) < 4.78 is 0. The molecule has 0 aliphatic rings. The van der Waals surface area contributed by atoms with Crippen molar-refractivity contribution < 1.29 is 14.7 Å². The van der Waals surface area contributed by atoms with E-state index in [4.69, 9.17) is 5.11 Å². The molecule has 0 aromatic rings. The number of hydrogen-bond acceptors (Lipinski definition) is 3. The largest absolute Gasteiger partial charge is 0.480 e. The Labute approximate surface area is 103 Å². The third-order valence-electron chi connectivity index (χ3n) is 2.56. The summed E-state index contributed by atoms with van der Waals surface area (Å²) in [6.07, 6.45) is 0.868. The predicted molar refractivity (Wildman–Crippen MR) is 66.9 cm³/mol. The maximum Gasteiger partial charge on any atom is 0.317 e. The van der Waals surface area contributed by atoms with Crippen LogP contribution in [0.3, 0.4) is 0 Å². The highest BCUT2D eigenvalue weighted by atomic mass is 16.4. The lowest BCUT2D eigenvalue weighted by molar-refractivity contribution is -0.142. The van der Waals surface area contributed by atoms with Crippen LogP contribution in [0.5, 0.6) is 0 Å². The molecule has 0 bridgehead atoms. The summed E-state index contributed by atoms with van der Waals surface area (Å²) in [5.41, 5.74) is -0.360. The van der Waals surface area contributed by atoms with Crippen molar-refractivity contribution in [2.24, 2.45) is 0 Å². The zero-order valence-corrected chi connectivity index (χ0v) is 11.4. The fourth-order valence-corrected chi connectivity index (χ4v) is 1.64. The minimum atomic E-state index is -0.921. The van der Waals surface area contributed by atoms with Gasteiger partial charge in [-0.3, -0.25) is 14.5 Å². The number of carbonyl (C=O) groups is 2. The van der Waals surface area contributed by atoms with Crippen LogP contribution in [-0.4, -0.2) is 46.6 Å². The van der Waals surface area contributed by atoms with E-state index in [0.717, 1.165) is 6.42 Å². The smallest absolute Gasteiger partial charge is 0.317 e. The Kier molecular flexibility index (Phi) is 6.16. The SMILES string of the molecule is CCCNC(=O)C(C)N(CC(=O)O)C(C)(C)C. The molecule has 1 amide bonds. The van der Waals surface area contributed by atoms with Gasteiger partial charge in [0.15, 0.2) is 0 Å². The van der Waals surface area contributed by atoms with E-state index in [1.165, 1.54) is 0 Å². The number of rotatable bonds is 6. The number of amides is 1. The van der Waals surface area contributed by atoms with Gasteiger partial charge in [-0.25, -0.2) is 0 Å². The lowest BCUT2D eigenvalue weighted by Gasteiger charge is -2.38. The number of carboxylic acid groups (broad SMARTS) is 1. The Morgan fingerprint density at radius 3 is 2.24 bits per heavy atom. The minimum Gasteiger partial charge on any atom is -0.480 e. The highest BCUT2D eigenvalue weighted by Crippen LogP contribution is 2.16. The van der Waals surface area contributed by atoms with Crippen LogP contribution in [0.4, 0.5) is 0 Å². The zero-order chi connectivity index (χ0) is 13.6. The number of carbonyl (C=O) groups excluding carboxylic acids is 1. The predicted octanol–water partition coefficient (Wildman–Crippen LogP) is 1.09. The normalized spacial score (nSPS) is 13.5. The molecule has 0 radical (unpaired) electrons. The molecule has 0 aliphatic heterocycles. The monoisotopic (exact) mass is 244 g/mol. The molecule has 0 rings (SSSR count). The van der Waals surface area contributed by atoms with Gasteiger partial charge in [-0.1, -0.05) is 6.92 Å². The maximum atomic E-state index is 11.8. The van der Waals surface area contributed by atoms with Crippen LogP contribution in [0, 0.1) is 0 Å². The highest BCUT2D eigenvalue weighted by Gasteiger charge is 2.31. The van der Waals surface area contributed by atoms with Gasteiger partial charge in [0, 0.05) is 12.1 Å². The quantitative estimate of drug-likeness (QED) is 0.733. The van der Waals surface area contributed by atoms with Crippen LogP contribution in [0.2, 0.25) is 0 Å². The molecule has 0 aliphatic carbocycles. The summed E-state index contributed by atoms with van der Waals surface area (Å²) in [6, 6.07) is -0.447. The lowest BCUT2D eigenvalue weighted by atomic mass is 10.0. The molecule has 0 saturated carbocycles. The molecule has 17 heavy (non-hydrogen) atoms. The zero-order valence-electron chi connectivity index (χ0n) is 11.4. The van der Waals surface area contributed by atoms with Crippen molar-refractivity contribution in [1.82, 2.24) is 10.2 Å². The van der Waals surface area contributed by atoms with Crippen LogP contribution >= 0.6 is 0 Å². The maximum absolute atomic E-state index is 11.8. The Bertz CT molecular complexity index is 271. The average Bonchev–Trinajstić information content (AvgIpc) is 2.19. The molecule has 1 atom stereocenters. The summed E-state index contributed by atoms with van der Waals surface area (Å²) >= 11 is 0. The van der Waals surface area contributed by atoms with Gasteiger partial charge in [-0.05, 0) is 34.1 Å². The first-order valence-corrected chi connectivity index (χ1v) is 5.96. The standard InChI is InChI=1S/C12H24N2O3/c1-6-7-13-11(17)9(2)14(8-10(15)16)12(3,4)5/h9H,6-8H2,1-5H3,(H,13,17)(H,15,16). The molecule has 0 spiro atoms. The van der Waals surface area contributed by atoms with Crippen LogP contribution in [0.15, 0.2) is 0 Å². The minimum absolute atomic E-state index is 0.122. The van der Waals surface area contributed by atoms with Gasteiger partial charge in [0.2, 0.25) is 5.91 Å². The van der Waals surface area contributed by atoms with Gasteiger partial charge >= 0.3 is 5.97 Å². The molecule has 2 N–H and O–H groups in total. The van der Waals surface area contributed by atoms with E-state index in [2.05, 4.69) is 5.32 Å². The van der Waals surface area contributed by atoms with Gasteiger partial charge in [0.1, 0.15) is 0 Å². The Balaban J connectivity index is 4.68. The summed E-state index contributed by atoms with van der Waals surface area (Å²) in [6.45, 7) is 9.90. The van der Waals surface area contributed by atoms with Crippen molar-refractivity contribution in [3.8, 4) is 0 Å².